The molecule has 33 heavy (non-hydrogen) atoms. The van der Waals surface area contributed by atoms with Gasteiger partial charge in [-0.15, -0.1) is 0 Å². The topological polar surface area (TPSA) is 79.8 Å². The number of fused-ring (bicyclic) bond motifs is 1. The third kappa shape index (κ3) is 5.04. The number of aromatic nitrogens is 2. The summed E-state index contributed by atoms with van der Waals surface area (Å²) in [6, 6.07) is 5.55. The van der Waals surface area contributed by atoms with Crippen molar-refractivity contribution in [3.05, 3.63) is 29.6 Å². The third-order valence-corrected chi connectivity index (χ3v) is 7.09. The lowest BCUT2D eigenvalue weighted by Crippen LogP contribution is -2.40. The van der Waals surface area contributed by atoms with Crippen molar-refractivity contribution in [2.75, 3.05) is 13.1 Å². The first-order chi connectivity index (χ1) is 15.4. The molecule has 1 aromatic carbocycles. The van der Waals surface area contributed by atoms with Crippen LogP contribution in [0.4, 0.5) is 8.78 Å². The molecule has 8 heteroatoms. The Morgan fingerprint density at radius 1 is 1.18 bits per heavy atom. The van der Waals surface area contributed by atoms with Gasteiger partial charge in [0.15, 0.2) is 0 Å². The highest BCUT2D eigenvalue weighted by Crippen LogP contribution is 2.38. The predicted octanol–water partition coefficient (Wildman–Crippen LogP) is 5.07. The number of imidazole rings is 1. The van der Waals surface area contributed by atoms with E-state index in [4.69, 9.17) is 4.98 Å². The average molecular weight is 463 g/mol. The van der Waals surface area contributed by atoms with Gasteiger partial charge in [0.05, 0.1) is 11.0 Å². The van der Waals surface area contributed by atoms with Gasteiger partial charge in [-0.3, -0.25) is 4.79 Å². The van der Waals surface area contributed by atoms with Crippen molar-refractivity contribution in [3.8, 4) is 0 Å². The van der Waals surface area contributed by atoms with Crippen molar-refractivity contribution in [1.82, 2.24) is 14.5 Å². The minimum atomic E-state index is -2.54. The van der Waals surface area contributed by atoms with Crippen molar-refractivity contribution in [2.24, 2.45) is 11.8 Å². The number of aliphatic hydroxyl groups excluding tert-OH is 1. The average Bonchev–Trinajstić information content (AvgIpc) is 3.13. The van der Waals surface area contributed by atoms with E-state index in [1.54, 1.807) is 4.90 Å². The fourth-order valence-corrected chi connectivity index (χ4v) is 5.08. The monoisotopic (exact) mass is 462 g/mol. The Kier molecular flexibility index (Phi) is 6.22. The number of carboxylic acid groups (broad SMARTS) is 1. The Labute approximate surface area is 193 Å². The number of carboxylic acids is 1. The number of hydrogen-bond acceptors (Lipinski definition) is 2. The highest BCUT2D eigenvalue weighted by Gasteiger charge is 2.36. The van der Waals surface area contributed by atoms with Gasteiger partial charge in [-0.25, -0.2) is 13.8 Å². The van der Waals surface area contributed by atoms with Gasteiger partial charge < -0.3 is 19.4 Å². The second kappa shape index (κ2) is 8.69. The molecule has 0 spiro atoms. The lowest BCUT2D eigenvalue weighted by Gasteiger charge is -2.30. The lowest BCUT2D eigenvalue weighted by molar-refractivity contribution is -0.0473. The molecular weight excluding hydrogens is 428 g/mol. The number of nitrogens with zero attached hydrogens (tertiary/aromatic N) is 3. The fourth-order valence-electron chi connectivity index (χ4n) is 5.08. The van der Waals surface area contributed by atoms with Gasteiger partial charge in [-0.05, 0) is 49.8 Å². The smallest absolute Gasteiger partial charge is 0.339 e. The number of hydrogen-bond donors (Lipinski definition) is 1. The van der Waals surface area contributed by atoms with Crippen LogP contribution in [0.5, 0.6) is 0 Å². The van der Waals surface area contributed by atoms with Crippen LogP contribution in [-0.4, -0.2) is 55.2 Å². The Balaban J connectivity index is 1.58. The van der Waals surface area contributed by atoms with Crippen molar-refractivity contribution in [3.63, 3.8) is 0 Å². The molecule has 2 aliphatic rings. The van der Waals surface area contributed by atoms with Gasteiger partial charge in [-0.1, -0.05) is 20.8 Å². The van der Waals surface area contributed by atoms with E-state index in [1.165, 1.54) is 0 Å². The van der Waals surface area contributed by atoms with E-state index in [1.807, 2.05) is 18.2 Å². The number of halogens is 2. The summed E-state index contributed by atoms with van der Waals surface area (Å²) in [7, 11) is 0. The number of amides is 1. The summed E-state index contributed by atoms with van der Waals surface area (Å²) < 4.78 is 29.4. The number of benzene rings is 1. The van der Waals surface area contributed by atoms with Crippen LogP contribution in [0.1, 0.15) is 75.5 Å². The molecule has 2 heterocycles. The Morgan fingerprint density at radius 2 is 1.82 bits per heavy atom. The summed E-state index contributed by atoms with van der Waals surface area (Å²) in [5.41, 5.74) is 1.99. The van der Waals surface area contributed by atoms with E-state index in [0.29, 0.717) is 50.9 Å². The molecule has 6 nitrogen and oxygen atoms in total. The minimum absolute atomic E-state index is 0.0592. The van der Waals surface area contributed by atoms with Crippen molar-refractivity contribution < 1.29 is 23.5 Å². The zero-order valence-electron chi connectivity index (χ0n) is 19.7. The molecule has 1 aliphatic heterocycles. The number of likely N-dealkylation sites (tertiary alicyclic amines) is 1. The lowest BCUT2D eigenvalue weighted by atomic mass is 9.86. The van der Waals surface area contributed by atoms with Gasteiger partial charge in [0.2, 0.25) is 5.92 Å². The first kappa shape index (κ1) is 23.6. The fraction of sp³-hybridized carbons (Fsp3) is 0.640. The Bertz CT molecular complexity index is 1040. The number of piperidine rings is 1. The quantitative estimate of drug-likeness (QED) is 0.644. The van der Waals surface area contributed by atoms with Crippen LogP contribution in [0.25, 0.3) is 11.0 Å². The van der Waals surface area contributed by atoms with E-state index in [9.17, 15) is 23.5 Å². The van der Waals surface area contributed by atoms with Crippen LogP contribution in [0, 0.1) is 11.8 Å². The van der Waals surface area contributed by atoms with Gasteiger partial charge in [0.25, 0.3) is 5.91 Å². The maximum atomic E-state index is 13.6. The summed E-state index contributed by atoms with van der Waals surface area (Å²) in [5, 5.41) is 9.30. The molecule has 2 fully saturated rings. The van der Waals surface area contributed by atoms with E-state index in [-0.39, 0.29) is 36.0 Å². The van der Waals surface area contributed by atoms with Crippen LogP contribution >= 0.6 is 0 Å². The van der Waals surface area contributed by atoms with E-state index >= 15 is 0 Å². The van der Waals surface area contributed by atoms with Crippen molar-refractivity contribution in [2.45, 2.75) is 77.2 Å². The molecule has 1 saturated heterocycles. The number of aliphatic carboxylic acids is 1. The largest absolute Gasteiger partial charge is 0.483 e. The van der Waals surface area contributed by atoms with E-state index in [0.717, 1.165) is 16.9 Å². The molecule has 2 N–H and O–H groups in total. The number of rotatable bonds is 4. The molecular formula is C25H34F2N3O3+. The first-order valence-electron chi connectivity index (χ1n) is 11.9. The third-order valence-electron chi connectivity index (χ3n) is 7.09. The van der Waals surface area contributed by atoms with Gasteiger partial charge in [0.1, 0.15) is 11.7 Å². The van der Waals surface area contributed by atoms with Crippen LogP contribution in [0.3, 0.4) is 0 Å². The molecule has 2 aromatic rings. The standard InChI is InChI=1S/C25H33F2N3O3/c1-24(2,3)23-28-19-14-18(21(31)29-12-8-17(9-13-29)22(32)33)4-5-20(19)30(23)15-16-6-10-25(26,27)11-7-16/h4-5,14,16-17H,6-13,15H2,1-3H3,(H,32,33)/p+1. The molecule has 1 saturated carbocycles. The maximum absolute atomic E-state index is 13.6. The van der Waals surface area contributed by atoms with Crippen molar-refractivity contribution >= 4 is 22.9 Å². The second-order valence-corrected chi connectivity index (χ2v) is 10.7. The Hall–Kier alpha value is -2.51. The van der Waals surface area contributed by atoms with Crippen LogP contribution in [0.2, 0.25) is 0 Å². The summed E-state index contributed by atoms with van der Waals surface area (Å²) in [6.45, 7) is 7.86. The molecule has 1 amide bonds. The second-order valence-electron chi connectivity index (χ2n) is 10.7. The summed E-state index contributed by atoms with van der Waals surface area (Å²) in [5.74, 6) is -2.38. The van der Waals surface area contributed by atoms with Crippen LogP contribution in [-0.2, 0) is 12.0 Å². The van der Waals surface area contributed by atoms with E-state index < -0.39 is 11.9 Å². The molecule has 180 valence electrons. The zero-order valence-corrected chi connectivity index (χ0v) is 19.7. The normalized spacial score (nSPS) is 20.3. The first-order valence-corrected chi connectivity index (χ1v) is 11.9. The predicted molar refractivity (Wildman–Crippen MR) is 124 cm³/mol. The van der Waals surface area contributed by atoms with Crippen LogP contribution in [0.15, 0.2) is 18.2 Å². The highest BCUT2D eigenvalue weighted by atomic mass is 19.3. The number of alkyl halides is 2. The number of carbonyl (C=O) groups is 1. The minimum Gasteiger partial charge on any atom is -0.339 e. The molecule has 0 bridgehead atoms. The van der Waals surface area contributed by atoms with Gasteiger partial charge in [-0.2, -0.15) is 0 Å². The zero-order chi connectivity index (χ0) is 24.0. The molecule has 0 radical (unpaired) electrons. The maximum Gasteiger partial charge on any atom is 0.483 e. The molecule has 1 aliphatic carbocycles. The molecule has 1 aromatic heterocycles. The summed E-state index contributed by atoms with van der Waals surface area (Å²) in [4.78, 5) is 29.0. The summed E-state index contributed by atoms with van der Waals surface area (Å²) >= 11 is 0. The summed E-state index contributed by atoms with van der Waals surface area (Å²) in [6.07, 6.45) is 1.94. The molecule has 4 rings (SSSR count). The van der Waals surface area contributed by atoms with Gasteiger partial charge >= 0.3 is 5.97 Å². The highest BCUT2D eigenvalue weighted by molar-refractivity contribution is 5.97. The molecule has 0 atom stereocenters. The van der Waals surface area contributed by atoms with E-state index in [2.05, 4.69) is 25.3 Å². The van der Waals surface area contributed by atoms with Crippen LogP contribution < -0.4 is 0 Å². The molecule has 0 unspecified atom stereocenters. The number of carbonyl (C=O) groups excluding carboxylic acids is 1. The van der Waals surface area contributed by atoms with Crippen molar-refractivity contribution in [1.29, 1.82) is 0 Å². The van der Waals surface area contributed by atoms with Gasteiger partial charge in [0, 0.05) is 43.5 Å². The SMILES string of the molecule is CC(C)(C)c1nc2cc(C(=O)N3CCC(C(O)=[OH+])CC3)ccc2n1CC1CCC(F)(F)CC1. The Morgan fingerprint density at radius 3 is 2.39 bits per heavy atom.